The Morgan fingerprint density at radius 3 is 2.71 bits per heavy atom. The second-order valence-corrected chi connectivity index (χ2v) is 8.96. The van der Waals surface area contributed by atoms with Crippen molar-refractivity contribution in [3.05, 3.63) is 83.3 Å². The van der Waals surface area contributed by atoms with Gasteiger partial charge in [0.1, 0.15) is 11.8 Å². The molecule has 0 saturated heterocycles. The van der Waals surface area contributed by atoms with Crippen LogP contribution < -0.4 is 9.62 Å². The molecule has 0 bridgehead atoms. The van der Waals surface area contributed by atoms with Gasteiger partial charge in [-0.05, 0) is 61.2 Å². The van der Waals surface area contributed by atoms with Gasteiger partial charge in [0.15, 0.2) is 0 Å². The number of sulfonamides is 1. The van der Waals surface area contributed by atoms with Gasteiger partial charge >= 0.3 is 0 Å². The van der Waals surface area contributed by atoms with Crippen molar-refractivity contribution in [1.29, 1.82) is 0 Å². The summed E-state index contributed by atoms with van der Waals surface area (Å²) >= 11 is 0. The Balaban J connectivity index is 1.62. The SMILES string of the molecule is Cc1ccc(C)c(S(=O)(=O)NC[C@H](c2ccco2)N2CCc3ccccc32)c1. The maximum absolute atomic E-state index is 13.0. The fourth-order valence-corrected chi connectivity index (χ4v) is 5.16. The fraction of sp³-hybridized carbons (Fsp3) is 0.273. The summed E-state index contributed by atoms with van der Waals surface area (Å²) in [7, 11) is -3.62. The molecule has 1 aliphatic heterocycles. The predicted octanol–water partition coefficient (Wildman–Crippen LogP) is 3.98. The van der Waals surface area contributed by atoms with Gasteiger partial charge in [-0.1, -0.05) is 30.3 Å². The van der Waals surface area contributed by atoms with Gasteiger partial charge in [0.05, 0.1) is 11.2 Å². The monoisotopic (exact) mass is 396 g/mol. The van der Waals surface area contributed by atoms with Crippen LogP contribution in [0, 0.1) is 13.8 Å². The number of hydrogen-bond acceptors (Lipinski definition) is 4. The van der Waals surface area contributed by atoms with Crippen molar-refractivity contribution < 1.29 is 12.8 Å². The molecule has 0 aliphatic carbocycles. The summed E-state index contributed by atoms with van der Waals surface area (Å²) in [6, 6.07) is 17.2. The highest BCUT2D eigenvalue weighted by Gasteiger charge is 2.30. The van der Waals surface area contributed by atoms with Crippen molar-refractivity contribution in [1.82, 2.24) is 4.72 Å². The van der Waals surface area contributed by atoms with Gasteiger partial charge in [0.2, 0.25) is 10.0 Å². The van der Waals surface area contributed by atoms with E-state index >= 15 is 0 Å². The first-order valence-corrected chi connectivity index (χ1v) is 10.9. The topological polar surface area (TPSA) is 62.6 Å². The van der Waals surface area contributed by atoms with Crippen LogP contribution >= 0.6 is 0 Å². The number of benzene rings is 2. The van der Waals surface area contributed by atoms with Crippen molar-refractivity contribution in [3.63, 3.8) is 0 Å². The van der Waals surface area contributed by atoms with E-state index in [1.807, 2.05) is 50.2 Å². The highest BCUT2D eigenvalue weighted by atomic mass is 32.2. The third-order valence-corrected chi connectivity index (χ3v) is 6.84. The van der Waals surface area contributed by atoms with Crippen LogP contribution in [0.5, 0.6) is 0 Å². The first kappa shape index (κ1) is 18.8. The predicted molar refractivity (Wildman–Crippen MR) is 110 cm³/mol. The fourth-order valence-electron chi connectivity index (χ4n) is 3.80. The molecule has 0 radical (unpaired) electrons. The zero-order chi connectivity index (χ0) is 19.7. The van der Waals surface area contributed by atoms with Crippen LogP contribution in [0.25, 0.3) is 0 Å². The number of rotatable bonds is 6. The third kappa shape index (κ3) is 3.57. The summed E-state index contributed by atoms with van der Waals surface area (Å²) in [4.78, 5) is 2.55. The van der Waals surface area contributed by atoms with E-state index in [4.69, 9.17) is 4.42 Å². The molecule has 1 aromatic heterocycles. The summed E-state index contributed by atoms with van der Waals surface area (Å²) in [6.07, 6.45) is 2.57. The number of fused-ring (bicyclic) bond motifs is 1. The summed E-state index contributed by atoms with van der Waals surface area (Å²) in [5.74, 6) is 0.750. The molecule has 0 spiro atoms. The smallest absolute Gasteiger partial charge is 0.240 e. The Morgan fingerprint density at radius 2 is 1.93 bits per heavy atom. The standard InChI is InChI=1S/C22H24N2O3S/c1-16-9-10-17(2)22(14-16)28(25,26)23-15-20(21-8-5-13-27-21)24-12-11-18-6-3-4-7-19(18)24/h3-10,13-14,20,23H,11-12,15H2,1-2H3/t20-/m1/s1. The van der Waals surface area contributed by atoms with E-state index in [9.17, 15) is 8.42 Å². The summed E-state index contributed by atoms with van der Waals surface area (Å²) in [5, 5.41) is 0. The van der Waals surface area contributed by atoms with Crippen molar-refractivity contribution in [2.45, 2.75) is 31.2 Å². The number of anilines is 1. The van der Waals surface area contributed by atoms with E-state index in [2.05, 4.69) is 21.8 Å². The molecule has 1 atom stereocenters. The Kier molecular flexibility index (Phi) is 5.00. The van der Waals surface area contributed by atoms with Gasteiger partial charge in [0.25, 0.3) is 0 Å². The van der Waals surface area contributed by atoms with E-state index in [-0.39, 0.29) is 12.6 Å². The largest absolute Gasteiger partial charge is 0.467 e. The molecule has 2 aromatic carbocycles. The second-order valence-electron chi connectivity index (χ2n) is 7.22. The molecule has 4 rings (SSSR count). The maximum atomic E-state index is 13.0. The minimum Gasteiger partial charge on any atom is -0.467 e. The van der Waals surface area contributed by atoms with Crippen LogP contribution in [0.3, 0.4) is 0 Å². The van der Waals surface area contributed by atoms with E-state index < -0.39 is 10.0 Å². The number of nitrogens with zero attached hydrogens (tertiary/aromatic N) is 1. The minimum absolute atomic E-state index is 0.210. The lowest BCUT2D eigenvalue weighted by atomic mass is 10.1. The van der Waals surface area contributed by atoms with Gasteiger partial charge in [-0.2, -0.15) is 0 Å². The first-order valence-electron chi connectivity index (χ1n) is 9.40. The lowest BCUT2D eigenvalue weighted by Gasteiger charge is -2.29. The summed E-state index contributed by atoms with van der Waals surface area (Å²) in [5.41, 5.74) is 4.06. The Bertz CT molecular complexity index is 1070. The van der Waals surface area contributed by atoms with Gasteiger partial charge in [-0.25, -0.2) is 13.1 Å². The van der Waals surface area contributed by atoms with Crippen LogP contribution in [0.1, 0.15) is 28.5 Å². The van der Waals surface area contributed by atoms with Crippen LogP contribution in [-0.4, -0.2) is 21.5 Å². The minimum atomic E-state index is -3.62. The average Bonchev–Trinajstić information content (AvgIpc) is 3.35. The Hall–Kier alpha value is -2.57. The van der Waals surface area contributed by atoms with Gasteiger partial charge < -0.3 is 9.32 Å². The molecule has 5 nitrogen and oxygen atoms in total. The van der Waals surface area contributed by atoms with Crippen molar-refractivity contribution in [2.75, 3.05) is 18.0 Å². The van der Waals surface area contributed by atoms with Gasteiger partial charge in [-0.15, -0.1) is 0 Å². The van der Waals surface area contributed by atoms with Crippen molar-refractivity contribution >= 4 is 15.7 Å². The number of furan rings is 1. The molecule has 0 amide bonds. The quantitative estimate of drug-likeness (QED) is 0.685. The lowest BCUT2D eigenvalue weighted by Crippen LogP contribution is -2.37. The number of para-hydroxylation sites is 1. The molecule has 28 heavy (non-hydrogen) atoms. The molecule has 1 aliphatic rings. The molecule has 146 valence electrons. The molecule has 0 unspecified atom stereocenters. The normalized spacial score (nSPS) is 14.9. The molecular formula is C22H24N2O3S. The third-order valence-electron chi connectivity index (χ3n) is 5.27. The van der Waals surface area contributed by atoms with Crippen LogP contribution in [0.4, 0.5) is 5.69 Å². The zero-order valence-corrected chi connectivity index (χ0v) is 16.9. The molecule has 6 heteroatoms. The summed E-state index contributed by atoms with van der Waals surface area (Å²) < 4.78 is 34.4. The summed E-state index contributed by atoms with van der Waals surface area (Å²) in [6.45, 7) is 4.77. The highest BCUT2D eigenvalue weighted by Crippen LogP contribution is 2.35. The molecule has 3 aromatic rings. The van der Waals surface area contributed by atoms with E-state index in [1.165, 1.54) is 5.56 Å². The van der Waals surface area contributed by atoms with E-state index in [0.29, 0.717) is 4.90 Å². The van der Waals surface area contributed by atoms with Gasteiger partial charge in [0, 0.05) is 18.8 Å². The van der Waals surface area contributed by atoms with Crippen molar-refractivity contribution in [2.24, 2.45) is 0 Å². The number of nitrogens with one attached hydrogen (secondary N) is 1. The van der Waals surface area contributed by atoms with Crippen LogP contribution in [0.2, 0.25) is 0 Å². The Morgan fingerprint density at radius 1 is 1.11 bits per heavy atom. The first-order chi connectivity index (χ1) is 13.5. The second kappa shape index (κ2) is 7.45. The van der Waals surface area contributed by atoms with Crippen LogP contribution in [0.15, 0.2) is 70.2 Å². The Labute approximate surface area is 166 Å². The van der Waals surface area contributed by atoms with Gasteiger partial charge in [-0.3, -0.25) is 0 Å². The maximum Gasteiger partial charge on any atom is 0.240 e. The van der Waals surface area contributed by atoms with E-state index in [1.54, 1.807) is 12.3 Å². The number of hydrogen-bond donors (Lipinski definition) is 1. The zero-order valence-electron chi connectivity index (χ0n) is 16.1. The molecular weight excluding hydrogens is 372 g/mol. The van der Waals surface area contributed by atoms with E-state index in [0.717, 1.165) is 35.5 Å². The molecule has 0 saturated carbocycles. The number of aryl methyl sites for hydroxylation is 2. The van der Waals surface area contributed by atoms with Crippen LogP contribution in [-0.2, 0) is 16.4 Å². The molecule has 0 fully saturated rings. The molecule has 2 heterocycles. The highest BCUT2D eigenvalue weighted by molar-refractivity contribution is 7.89. The van der Waals surface area contributed by atoms with Crippen molar-refractivity contribution in [3.8, 4) is 0 Å². The average molecular weight is 397 g/mol. The lowest BCUT2D eigenvalue weighted by molar-refractivity contribution is 0.447. The molecule has 1 N–H and O–H groups in total.